The van der Waals surface area contributed by atoms with Crippen molar-refractivity contribution >= 4 is 32.7 Å². The molecule has 0 atom stereocenters. The molecule has 0 aliphatic rings. The predicted molar refractivity (Wildman–Crippen MR) is 144 cm³/mol. The zero-order chi connectivity index (χ0) is 25.1. The molecule has 0 unspecified atom stereocenters. The normalized spacial score (nSPS) is 11.7. The van der Waals surface area contributed by atoms with E-state index in [4.69, 9.17) is 4.74 Å². The third-order valence-corrected chi connectivity index (χ3v) is 8.52. The number of aromatic nitrogens is 4. The second-order valence-electron chi connectivity index (χ2n) is 8.09. The van der Waals surface area contributed by atoms with Crippen LogP contribution in [0.15, 0.2) is 95.1 Å². The Labute approximate surface area is 214 Å². The lowest BCUT2D eigenvalue weighted by molar-refractivity contribution is 0.340. The van der Waals surface area contributed by atoms with E-state index in [1.165, 1.54) is 3.97 Å². The summed E-state index contributed by atoms with van der Waals surface area (Å²) in [7, 11) is -3.81. The Balaban J connectivity index is 1.71. The molecule has 0 aliphatic heterocycles. The maximum absolute atomic E-state index is 13.6. The zero-order valence-corrected chi connectivity index (χ0v) is 21.7. The molecule has 0 spiro atoms. The topological polar surface area (TPSA) is 79.0 Å². The van der Waals surface area contributed by atoms with Crippen LogP contribution >= 0.6 is 11.8 Å². The lowest BCUT2D eigenvalue weighted by Gasteiger charge is -2.11. The first kappa shape index (κ1) is 24.1. The van der Waals surface area contributed by atoms with Crippen molar-refractivity contribution in [3.8, 4) is 22.8 Å². The average molecular weight is 519 g/mol. The van der Waals surface area contributed by atoms with Gasteiger partial charge in [0.25, 0.3) is 10.0 Å². The van der Waals surface area contributed by atoms with Crippen LogP contribution in [0, 0.1) is 0 Å². The summed E-state index contributed by atoms with van der Waals surface area (Å²) in [4.78, 5) is 0.226. The van der Waals surface area contributed by atoms with Gasteiger partial charge in [0.15, 0.2) is 11.0 Å². The van der Waals surface area contributed by atoms with E-state index in [1.807, 2.05) is 60.0 Å². The Bertz CT molecular complexity index is 1590. The molecule has 0 saturated heterocycles. The summed E-state index contributed by atoms with van der Waals surface area (Å²) in [5.41, 5.74) is 2.15. The molecule has 3 aromatic carbocycles. The van der Waals surface area contributed by atoms with Gasteiger partial charge in [0.1, 0.15) is 5.75 Å². The van der Waals surface area contributed by atoms with E-state index in [1.54, 1.807) is 48.3 Å². The molecule has 5 rings (SSSR count). The number of para-hydroxylation sites is 1. The van der Waals surface area contributed by atoms with Crippen LogP contribution in [0.4, 0.5) is 0 Å². The monoisotopic (exact) mass is 518 g/mol. The highest BCUT2D eigenvalue weighted by atomic mass is 32.2. The van der Waals surface area contributed by atoms with Gasteiger partial charge in [-0.25, -0.2) is 12.4 Å². The second-order valence-corrected chi connectivity index (χ2v) is 11.0. The van der Waals surface area contributed by atoms with Crippen molar-refractivity contribution in [2.24, 2.45) is 0 Å². The highest BCUT2D eigenvalue weighted by Crippen LogP contribution is 2.35. The van der Waals surface area contributed by atoms with Crippen LogP contribution in [0.3, 0.4) is 0 Å². The summed E-state index contributed by atoms with van der Waals surface area (Å²) in [6.07, 6.45) is 2.64. The molecule has 0 saturated carbocycles. The van der Waals surface area contributed by atoms with Gasteiger partial charge in [-0.2, -0.15) is 0 Å². The summed E-state index contributed by atoms with van der Waals surface area (Å²) in [6, 6.07) is 23.7. The van der Waals surface area contributed by atoms with Crippen molar-refractivity contribution in [1.82, 2.24) is 18.7 Å². The van der Waals surface area contributed by atoms with Crippen molar-refractivity contribution in [1.29, 1.82) is 0 Å². The molecule has 36 heavy (non-hydrogen) atoms. The van der Waals surface area contributed by atoms with E-state index in [0.717, 1.165) is 34.2 Å². The van der Waals surface area contributed by atoms with Gasteiger partial charge >= 0.3 is 0 Å². The van der Waals surface area contributed by atoms with Crippen LogP contribution < -0.4 is 4.74 Å². The number of hydrogen-bond acceptors (Lipinski definition) is 6. The minimum absolute atomic E-state index is 0.226. The number of fused-ring (bicyclic) bond motifs is 1. The SMILES string of the molecule is CCCSc1nnc(-c2cn(S(=O)(=O)c3ccccc3)c3ccccc23)n1-c1ccc(OCC)cc1. The Morgan fingerprint density at radius 1 is 0.889 bits per heavy atom. The van der Waals surface area contributed by atoms with Crippen molar-refractivity contribution in [3.05, 3.63) is 85.1 Å². The number of hydrogen-bond donors (Lipinski definition) is 0. The first-order valence-electron chi connectivity index (χ1n) is 11.8. The van der Waals surface area contributed by atoms with Gasteiger partial charge in [0.2, 0.25) is 0 Å². The minimum Gasteiger partial charge on any atom is -0.494 e. The van der Waals surface area contributed by atoms with Gasteiger partial charge in [-0.15, -0.1) is 10.2 Å². The molecule has 0 amide bonds. The lowest BCUT2D eigenvalue weighted by atomic mass is 10.1. The fraction of sp³-hybridized carbons (Fsp3) is 0.185. The summed E-state index contributed by atoms with van der Waals surface area (Å²) < 4.78 is 36.1. The van der Waals surface area contributed by atoms with Gasteiger partial charge in [0.05, 0.1) is 17.0 Å². The molecule has 184 valence electrons. The van der Waals surface area contributed by atoms with E-state index >= 15 is 0 Å². The molecule has 5 aromatic rings. The average Bonchev–Trinajstić information content (AvgIpc) is 3.50. The Hall–Kier alpha value is -3.56. The number of benzene rings is 3. The Morgan fingerprint density at radius 2 is 1.61 bits per heavy atom. The molecule has 0 bridgehead atoms. The molecule has 0 radical (unpaired) electrons. The molecular weight excluding hydrogens is 492 g/mol. The van der Waals surface area contributed by atoms with Crippen LogP contribution in [0.5, 0.6) is 5.75 Å². The standard InChI is InChI=1S/C27H26N4O3S2/c1-3-18-35-27-29-28-26(31(27)20-14-16-21(17-15-20)34-4-2)24-19-30(25-13-9-8-12-23(24)25)36(32,33)22-10-6-5-7-11-22/h5-17,19H,3-4,18H2,1-2H3. The van der Waals surface area contributed by atoms with Crippen molar-refractivity contribution in [3.63, 3.8) is 0 Å². The first-order chi connectivity index (χ1) is 17.5. The molecule has 9 heteroatoms. The molecule has 0 aliphatic carbocycles. The van der Waals surface area contributed by atoms with Gasteiger partial charge in [-0.1, -0.05) is 55.1 Å². The summed E-state index contributed by atoms with van der Waals surface area (Å²) in [5, 5.41) is 10.6. The van der Waals surface area contributed by atoms with E-state index < -0.39 is 10.0 Å². The van der Waals surface area contributed by atoms with Crippen molar-refractivity contribution in [2.75, 3.05) is 12.4 Å². The molecule has 2 aromatic heterocycles. The van der Waals surface area contributed by atoms with Gasteiger partial charge in [-0.3, -0.25) is 4.57 Å². The van der Waals surface area contributed by atoms with Gasteiger partial charge in [-0.05, 0) is 55.8 Å². The highest BCUT2D eigenvalue weighted by molar-refractivity contribution is 7.99. The Kier molecular flexibility index (Phi) is 6.84. The van der Waals surface area contributed by atoms with E-state index in [2.05, 4.69) is 17.1 Å². The van der Waals surface area contributed by atoms with Crippen LogP contribution in [0.25, 0.3) is 28.0 Å². The zero-order valence-electron chi connectivity index (χ0n) is 20.0. The number of thioether (sulfide) groups is 1. The van der Waals surface area contributed by atoms with Crippen LogP contribution in [0.1, 0.15) is 20.3 Å². The van der Waals surface area contributed by atoms with Crippen LogP contribution in [0.2, 0.25) is 0 Å². The van der Waals surface area contributed by atoms with E-state index in [-0.39, 0.29) is 4.90 Å². The molecular formula is C27H26N4O3S2. The quantitative estimate of drug-likeness (QED) is 0.222. The largest absolute Gasteiger partial charge is 0.494 e. The van der Waals surface area contributed by atoms with E-state index in [0.29, 0.717) is 23.5 Å². The molecule has 2 heterocycles. The number of rotatable bonds is 9. The van der Waals surface area contributed by atoms with Crippen LogP contribution in [-0.2, 0) is 10.0 Å². The summed E-state index contributed by atoms with van der Waals surface area (Å²) in [5.74, 6) is 2.25. The van der Waals surface area contributed by atoms with Crippen LogP contribution in [-0.4, -0.2) is 39.5 Å². The minimum atomic E-state index is -3.81. The van der Waals surface area contributed by atoms with E-state index in [9.17, 15) is 8.42 Å². The smallest absolute Gasteiger partial charge is 0.268 e. The predicted octanol–water partition coefficient (Wildman–Crippen LogP) is 6.03. The first-order valence-corrected chi connectivity index (χ1v) is 14.2. The van der Waals surface area contributed by atoms with Gasteiger partial charge < -0.3 is 4.74 Å². The fourth-order valence-electron chi connectivity index (χ4n) is 4.06. The number of ether oxygens (including phenoxy) is 1. The molecule has 7 nitrogen and oxygen atoms in total. The Morgan fingerprint density at radius 3 is 2.33 bits per heavy atom. The molecule has 0 fully saturated rings. The van der Waals surface area contributed by atoms with Crippen molar-refractivity contribution < 1.29 is 13.2 Å². The number of nitrogens with zero attached hydrogens (tertiary/aromatic N) is 4. The second kappa shape index (κ2) is 10.2. The van der Waals surface area contributed by atoms with Crippen molar-refractivity contribution in [2.45, 2.75) is 30.3 Å². The third-order valence-electron chi connectivity index (χ3n) is 5.69. The fourth-order valence-corrected chi connectivity index (χ4v) is 6.25. The third kappa shape index (κ3) is 4.40. The van der Waals surface area contributed by atoms with Gasteiger partial charge in [0, 0.05) is 28.6 Å². The highest BCUT2D eigenvalue weighted by Gasteiger charge is 2.25. The summed E-state index contributed by atoms with van der Waals surface area (Å²) >= 11 is 1.62. The molecule has 0 N–H and O–H groups in total. The maximum atomic E-state index is 13.6. The maximum Gasteiger partial charge on any atom is 0.268 e. The lowest BCUT2D eigenvalue weighted by Crippen LogP contribution is -2.11. The summed E-state index contributed by atoms with van der Waals surface area (Å²) in [6.45, 7) is 4.66.